The van der Waals surface area contributed by atoms with Crippen molar-refractivity contribution in [1.29, 1.82) is 0 Å². The summed E-state index contributed by atoms with van der Waals surface area (Å²) >= 11 is 0. The Labute approximate surface area is 267 Å². The number of hydrogen-bond acceptors (Lipinski definition) is 6. The van der Waals surface area contributed by atoms with Crippen molar-refractivity contribution in [1.82, 2.24) is 24.0 Å². The summed E-state index contributed by atoms with van der Waals surface area (Å²) in [6.45, 7) is 2.48. The average molecular weight is 640 g/mol. The van der Waals surface area contributed by atoms with Crippen molar-refractivity contribution in [2.75, 3.05) is 25.4 Å². The van der Waals surface area contributed by atoms with Gasteiger partial charge >= 0.3 is 0 Å². The Bertz CT molecular complexity index is 1920. The van der Waals surface area contributed by atoms with Gasteiger partial charge in [-0.3, -0.25) is 19.5 Å². The van der Waals surface area contributed by atoms with Crippen LogP contribution >= 0.6 is 0 Å². The number of hydrogen-bond donors (Lipinski definition) is 0. The van der Waals surface area contributed by atoms with Gasteiger partial charge in [0.1, 0.15) is 5.82 Å². The monoisotopic (exact) mass is 639 g/mol. The molecule has 2 aromatic heterocycles. The van der Waals surface area contributed by atoms with Crippen LogP contribution in [0.4, 0.5) is 4.39 Å². The van der Waals surface area contributed by atoms with Crippen LogP contribution in [0.15, 0.2) is 90.3 Å². The molecule has 2 amide bonds. The summed E-state index contributed by atoms with van der Waals surface area (Å²) < 4.78 is 45.0. The Hall–Kier alpha value is -4.48. The van der Waals surface area contributed by atoms with E-state index in [1.54, 1.807) is 42.6 Å². The molecule has 1 aliphatic heterocycles. The van der Waals surface area contributed by atoms with Gasteiger partial charge in [0.15, 0.2) is 0 Å². The number of nitrogens with zero attached hydrogens (tertiary/aromatic N) is 5. The number of imide groups is 1. The first-order valence-corrected chi connectivity index (χ1v) is 17.2. The van der Waals surface area contributed by atoms with Gasteiger partial charge in [-0.2, -0.15) is 5.10 Å². The maximum absolute atomic E-state index is 14.0. The Balaban J connectivity index is 1.12. The van der Waals surface area contributed by atoms with Crippen molar-refractivity contribution < 1.29 is 22.4 Å². The van der Waals surface area contributed by atoms with E-state index in [4.69, 9.17) is 0 Å². The molecule has 2 aromatic carbocycles. The normalized spacial score (nSPS) is 19.2. The molecule has 0 saturated carbocycles. The maximum Gasteiger partial charge on any atom is 0.261 e. The second-order valence-electron chi connectivity index (χ2n) is 12.2. The van der Waals surface area contributed by atoms with Crippen molar-refractivity contribution in [2.24, 2.45) is 5.92 Å². The van der Waals surface area contributed by atoms with E-state index in [1.807, 2.05) is 29.1 Å². The van der Waals surface area contributed by atoms with Crippen LogP contribution in [0.2, 0.25) is 0 Å². The predicted octanol–water partition coefficient (Wildman–Crippen LogP) is 4.94. The number of pyridine rings is 1. The molecule has 11 heteroatoms. The number of sulfonamides is 1. The van der Waals surface area contributed by atoms with Crippen LogP contribution in [0, 0.1) is 11.7 Å². The number of halogens is 1. The topological polar surface area (TPSA) is 105 Å². The third-order valence-electron chi connectivity index (χ3n) is 9.54. The van der Waals surface area contributed by atoms with E-state index in [0.29, 0.717) is 30.5 Å². The van der Waals surface area contributed by atoms with Gasteiger partial charge in [0.25, 0.3) is 11.8 Å². The Morgan fingerprint density at radius 3 is 2.39 bits per heavy atom. The standard InChI is InChI=1S/C35H34FN5O4S/c1-23-31-21-38-41(28-13-11-26(36)12-14-28)32(31)20-24-9-10-25(33(23)24)22-39(17-15-27-6-4-5-16-37-27)46(44,45)19-18-40-34(42)29-7-2-3-8-30(29)35(40)43/h2-8,11-14,16,21,23,25H,9-10,15,17-20,22H2,1H3/t23-,25+/m0/s1. The molecule has 46 heavy (non-hydrogen) atoms. The van der Waals surface area contributed by atoms with Gasteiger partial charge in [0.2, 0.25) is 10.0 Å². The lowest BCUT2D eigenvalue weighted by Crippen LogP contribution is -2.42. The molecular formula is C35H34FN5O4S. The van der Waals surface area contributed by atoms with E-state index >= 15 is 0 Å². The van der Waals surface area contributed by atoms with Crippen LogP contribution in [0.5, 0.6) is 0 Å². The number of aromatic nitrogens is 3. The van der Waals surface area contributed by atoms with Crippen LogP contribution in [-0.2, 0) is 22.9 Å². The number of carbonyl (C=O) groups excluding carboxylic acids is 2. The van der Waals surface area contributed by atoms with E-state index in [1.165, 1.54) is 27.6 Å². The van der Waals surface area contributed by atoms with E-state index in [9.17, 15) is 22.4 Å². The zero-order valence-corrected chi connectivity index (χ0v) is 26.3. The van der Waals surface area contributed by atoms with Gasteiger partial charge in [0, 0.05) is 55.8 Å². The second-order valence-corrected chi connectivity index (χ2v) is 14.3. The highest BCUT2D eigenvalue weighted by Crippen LogP contribution is 2.47. The lowest BCUT2D eigenvalue weighted by atomic mass is 9.80. The minimum absolute atomic E-state index is 0.0186. The average Bonchev–Trinajstić information content (AvgIpc) is 3.74. The van der Waals surface area contributed by atoms with Crippen molar-refractivity contribution >= 4 is 21.8 Å². The number of carbonyl (C=O) groups is 2. The number of rotatable bonds is 10. The first-order chi connectivity index (χ1) is 22.2. The fraction of sp³-hybridized carbons (Fsp3) is 0.314. The summed E-state index contributed by atoms with van der Waals surface area (Å²) in [5.41, 5.74) is 6.96. The Morgan fingerprint density at radius 2 is 1.70 bits per heavy atom. The van der Waals surface area contributed by atoms with Gasteiger partial charge < -0.3 is 0 Å². The fourth-order valence-corrected chi connectivity index (χ4v) is 8.68. The lowest BCUT2D eigenvalue weighted by Gasteiger charge is -2.31. The second kappa shape index (κ2) is 12.0. The number of benzene rings is 2. The van der Waals surface area contributed by atoms with Gasteiger partial charge in [0.05, 0.1) is 34.5 Å². The molecule has 0 bridgehead atoms. The van der Waals surface area contributed by atoms with Crippen molar-refractivity contribution in [2.45, 2.75) is 38.5 Å². The first-order valence-electron chi connectivity index (χ1n) is 15.6. The molecular weight excluding hydrogens is 605 g/mol. The Kier molecular flexibility index (Phi) is 7.90. The van der Waals surface area contributed by atoms with Gasteiger partial charge in [-0.25, -0.2) is 21.8 Å². The quantitative estimate of drug-likeness (QED) is 0.180. The number of fused-ring (bicyclic) bond motifs is 2. The van der Waals surface area contributed by atoms with E-state index < -0.39 is 21.8 Å². The Morgan fingerprint density at radius 1 is 0.978 bits per heavy atom. The summed E-state index contributed by atoms with van der Waals surface area (Å²) in [6, 6.07) is 18.5. The van der Waals surface area contributed by atoms with Crippen molar-refractivity contribution in [3.8, 4) is 5.69 Å². The van der Waals surface area contributed by atoms with Crippen LogP contribution in [-0.4, -0.2) is 69.6 Å². The fourth-order valence-electron chi connectivity index (χ4n) is 7.23. The highest BCUT2D eigenvalue weighted by Gasteiger charge is 2.40. The minimum Gasteiger partial charge on any atom is -0.273 e. The molecule has 0 unspecified atom stereocenters. The van der Waals surface area contributed by atoms with Crippen LogP contribution in [0.1, 0.15) is 63.4 Å². The van der Waals surface area contributed by atoms with Crippen molar-refractivity contribution in [3.63, 3.8) is 0 Å². The molecule has 4 aromatic rings. The molecule has 9 nitrogen and oxygen atoms in total. The summed E-state index contributed by atoms with van der Waals surface area (Å²) in [5, 5.41) is 4.65. The summed E-state index contributed by atoms with van der Waals surface area (Å²) in [6.07, 6.45) is 6.41. The smallest absolute Gasteiger partial charge is 0.261 e. The SMILES string of the molecule is C[C@@H]1C2=C(CC[C@@H]2CN(CCc2ccccn2)S(=O)(=O)CCN2C(=O)c3ccccc3C2=O)Cc2c1cnn2-c1ccc(F)cc1. The summed E-state index contributed by atoms with van der Waals surface area (Å²) in [7, 11) is -3.86. The number of amides is 2. The highest BCUT2D eigenvalue weighted by molar-refractivity contribution is 7.89. The molecule has 0 N–H and O–H groups in total. The zero-order valence-electron chi connectivity index (χ0n) is 25.5. The maximum atomic E-state index is 14.0. The molecule has 236 valence electrons. The molecule has 3 aliphatic rings. The molecule has 0 fully saturated rings. The van der Waals surface area contributed by atoms with Crippen molar-refractivity contribution in [3.05, 3.63) is 124 Å². The van der Waals surface area contributed by atoms with E-state index in [0.717, 1.165) is 40.4 Å². The largest absolute Gasteiger partial charge is 0.273 e. The molecule has 0 spiro atoms. The predicted molar refractivity (Wildman–Crippen MR) is 171 cm³/mol. The minimum atomic E-state index is -3.86. The van der Waals surface area contributed by atoms with Crippen LogP contribution in [0.3, 0.4) is 0 Å². The molecule has 2 aliphatic carbocycles. The first kappa shape index (κ1) is 30.2. The van der Waals surface area contributed by atoms with Crippen LogP contribution < -0.4 is 0 Å². The molecule has 3 heterocycles. The van der Waals surface area contributed by atoms with Gasteiger partial charge in [-0.1, -0.05) is 36.3 Å². The van der Waals surface area contributed by atoms with E-state index in [-0.39, 0.29) is 36.5 Å². The van der Waals surface area contributed by atoms with Gasteiger partial charge in [-0.15, -0.1) is 0 Å². The molecule has 7 rings (SSSR count). The third-order valence-corrected chi connectivity index (χ3v) is 11.4. The number of allylic oxidation sites excluding steroid dienone is 1. The molecule has 2 atom stereocenters. The van der Waals surface area contributed by atoms with Gasteiger partial charge in [-0.05, 0) is 67.3 Å². The summed E-state index contributed by atoms with van der Waals surface area (Å²) in [4.78, 5) is 31.3. The van der Waals surface area contributed by atoms with E-state index in [2.05, 4.69) is 17.0 Å². The third kappa shape index (κ3) is 5.47. The molecule has 0 saturated heterocycles. The highest BCUT2D eigenvalue weighted by atomic mass is 32.2. The molecule has 0 radical (unpaired) electrons. The lowest BCUT2D eigenvalue weighted by molar-refractivity contribution is 0.0663. The zero-order chi connectivity index (χ0) is 32.0. The van der Waals surface area contributed by atoms with Crippen LogP contribution in [0.25, 0.3) is 5.69 Å². The summed E-state index contributed by atoms with van der Waals surface area (Å²) in [5.74, 6) is -1.51.